The third-order valence-corrected chi connectivity index (χ3v) is 4.75. The Morgan fingerprint density at radius 1 is 1.30 bits per heavy atom. The van der Waals surface area contributed by atoms with E-state index in [9.17, 15) is 4.79 Å². The number of nitrogens with zero attached hydrogens (tertiary/aromatic N) is 3. The maximum Gasteiger partial charge on any atom is 0.256 e. The van der Waals surface area contributed by atoms with Crippen LogP contribution in [0.15, 0.2) is 30.6 Å². The molecule has 2 unspecified atom stereocenters. The van der Waals surface area contributed by atoms with Crippen LogP contribution in [0.4, 0.5) is 0 Å². The Hall–Kier alpha value is -2.21. The lowest BCUT2D eigenvalue weighted by molar-refractivity contribution is -0.149. The zero-order valence-corrected chi connectivity index (χ0v) is 12.9. The zero-order valence-electron chi connectivity index (χ0n) is 12.9. The Morgan fingerprint density at radius 2 is 2.22 bits per heavy atom. The molecule has 4 rings (SSSR count). The molecule has 0 spiro atoms. The first-order chi connectivity index (χ1) is 11.3. The van der Waals surface area contributed by atoms with E-state index in [-0.39, 0.29) is 11.9 Å². The molecular formula is C17H20N4O2. The second kappa shape index (κ2) is 6.12. The number of rotatable bonds is 2. The molecule has 1 amide bonds. The summed E-state index contributed by atoms with van der Waals surface area (Å²) in [5.74, 6) is 0.806. The van der Waals surface area contributed by atoms with E-state index in [0.29, 0.717) is 6.61 Å². The molecule has 1 N–H and O–H groups in total. The van der Waals surface area contributed by atoms with E-state index in [1.165, 1.54) is 11.9 Å². The molecule has 23 heavy (non-hydrogen) atoms. The van der Waals surface area contributed by atoms with Gasteiger partial charge in [0.15, 0.2) is 6.10 Å². The molecule has 120 valence electrons. The van der Waals surface area contributed by atoms with Crippen molar-refractivity contribution in [1.82, 2.24) is 20.1 Å². The van der Waals surface area contributed by atoms with Crippen molar-refractivity contribution in [1.29, 1.82) is 0 Å². The van der Waals surface area contributed by atoms with Crippen LogP contribution >= 0.6 is 0 Å². The number of aromatic nitrogens is 3. The van der Waals surface area contributed by atoms with E-state index in [1.807, 2.05) is 23.1 Å². The number of nitrogens with one attached hydrogen (secondary N) is 1. The van der Waals surface area contributed by atoms with Crippen LogP contribution in [0.1, 0.15) is 48.4 Å². The molecule has 0 bridgehead atoms. The Morgan fingerprint density at radius 3 is 3.09 bits per heavy atom. The van der Waals surface area contributed by atoms with Crippen molar-refractivity contribution >= 4 is 5.91 Å². The van der Waals surface area contributed by atoms with Gasteiger partial charge in [0, 0.05) is 6.54 Å². The highest BCUT2D eigenvalue weighted by molar-refractivity contribution is 5.83. The summed E-state index contributed by atoms with van der Waals surface area (Å²) in [6.07, 6.45) is 4.89. The van der Waals surface area contributed by atoms with Gasteiger partial charge in [-0.15, -0.1) is 0 Å². The number of amides is 1. The van der Waals surface area contributed by atoms with Gasteiger partial charge >= 0.3 is 0 Å². The standard InChI is InChI=1S/C17H20N4O2/c22-17(15-13-6-2-1-5-12(13)8-10-23-15)21-9-4-3-7-14(21)16-18-11-19-20-16/h1-2,5-6,11,14-15H,3-4,7-10H2,(H,18,19,20). The number of benzene rings is 1. The number of hydrogen-bond donors (Lipinski definition) is 1. The molecule has 1 aromatic carbocycles. The fourth-order valence-electron chi connectivity index (χ4n) is 3.60. The first-order valence-electron chi connectivity index (χ1n) is 8.20. The van der Waals surface area contributed by atoms with E-state index in [1.54, 1.807) is 0 Å². The maximum absolute atomic E-state index is 13.2. The van der Waals surface area contributed by atoms with Gasteiger partial charge in [-0.3, -0.25) is 9.89 Å². The molecule has 6 nitrogen and oxygen atoms in total. The molecule has 2 aromatic rings. The predicted molar refractivity (Wildman–Crippen MR) is 83.5 cm³/mol. The smallest absolute Gasteiger partial charge is 0.256 e. The highest BCUT2D eigenvalue weighted by atomic mass is 16.5. The summed E-state index contributed by atoms with van der Waals surface area (Å²) in [5.41, 5.74) is 2.22. The van der Waals surface area contributed by atoms with Gasteiger partial charge in [-0.25, -0.2) is 4.98 Å². The molecule has 2 aliphatic rings. The van der Waals surface area contributed by atoms with E-state index in [2.05, 4.69) is 21.2 Å². The minimum atomic E-state index is -0.497. The van der Waals surface area contributed by atoms with Crippen molar-refractivity contribution in [2.75, 3.05) is 13.2 Å². The zero-order chi connectivity index (χ0) is 15.6. The van der Waals surface area contributed by atoms with Gasteiger partial charge in [-0.1, -0.05) is 24.3 Å². The van der Waals surface area contributed by atoms with Crippen molar-refractivity contribution in [2.45, 2.75) is 37.8 Å². The van der Waals surface area contributed by atoms with Crippen molar-refractivity contribution in [3.05, 3.63) is 47.5 Å². The van der Waals surface area contributed by atoms with Crippen molar-refractivity contribution in [3.8, 4) is 0 Å². The normalized spacial score (nSPS) is 24.3. The monoisotopic (exact) mass is 312 g/mol. The Bertz CT molecular complexity index is 686. The summed E-state index contributed by atoms with van der Waals surface area (Å²) >= 11 is 0. The summed E-state index contributed by atoms with van der Waals surface area (Å²) in [6, 6.07) is 8.05. The second-order valence-corrected chi connectivity index (χ2v) is 6.11. The van der Waals surface area contributed by atoms with Crippen molar-refractivity contribution in [3.63, 3.8) is 0 Å². The summed E-state index contributed by atoms with van der Waals surface area (Å²) < 4.78 is 5.85. The minimum absolute atomic E-state index is 0.0311. The Balaban J connectivity index is 1.63. The van der Waals surface area contributed by atoms with Crippen LogP contribution in [0.2, 0.25) is 0 Å². The highest BCUT2D eigenvalue weighted by Crippen LogP contribution is 2.34. The fraction of sp³-hybridized carbons (Fsp3) is 0.471. The summed E-state index contributed by atoms with van der Waals surface area (Å²) in [6.45, 7) is 1.33. The van der Waals surface area contributed by atoms with Crippen LogP contribution < -0.4 is 0 Å². The molecule has 0 saturated carbocycles. The van der Waals surface area contributed by atoms with Crippen LogP contribution in [0, 0.1) is 0 Å². The highest BCUT2D eigenvalue weighted by Gasteiger charge is 2.36. The lowest BCUT2D eigenvalue weighted by atomic mass is 9.94. The molecule has 1 fully saturated rings. The average molecular weight is 312 g/mol. The fourth-order valence-corrected chi connectivity index (χ4v) is 3.60. The maximum atomic E-state index is 13.2. The first-order valence-corrected chi connectivity index (χ1v) is 8.20. The average Bonchev–Trinajstić information content (AvgIpc) is 3.15. The van der Waals surface area contributed by atoms with Crippen LogP contribution in [0.25, 0.3) is 0 Å². The number of carbonyl (C=O) groups is 1. The predicted octanol–water partition coefficient (Wildman–Crippen LogP) is 2.17. The van der Waals surface area contributed by atoms with Gasteiger partial charge in [0.05, 0.1) is 12.6 Å². The summed E-state index contributed by atoms with van der Waals surface area (Å²) in [5, 5.41) is 6.85. The first kappa shape index (κ1) is 14.4. The second-order valence-electron chi connectivity index (χ2n) is 6.11. The largest absolute Gasteiger partial charge is 0.363 e. The van der Waals surface area contributed by atoms with Crippen LogP contribution in [0.5, 0.6) is 0 Å². The Labute approximate surface area is 134 Å². The third-order valence-electron chi connectivity index (χ3n) is 4.75. The molecule has 3 heterocycles. The van der Waals surface area contributed by atoms with Crippen LogP contribution in [0.3, 0.4) is 0 Å². The number of piperidine rings is 1. The quantitative estimate of drug-likeness (QED) is 0.922. The number of carbonyl (C=O) groups excluding carboxylic acids is 1. The minimum Gasteiger partial charge on any atom is -0.363 e. The number of fused-ring (bicyclic) bond motifs is 1. The molecule has 2 atom stereocenters. The molecule has 1 saturated heterocycles. The van der Waals surface area contributed by atoms with E-state index in [4.69, 9.17) is 4.74 Å². The van der Waals surface area contributed by atoms with Gasteiger partial charge in [0.25, 0.3) is 5.91 Å². The number of hydrogen-bond acceptors (Lipinski definition) is 4. The lowest BCUT2D eigenvalue weighted by Crippen LogP contribution is -2.43. The van der Waals surface area contributed by atoms with Gasteiger partial charge < -0.3 is 9.64 Å². The molecule has 2 aliphatic heterocycles. The third kappa shape index (κ3) is 2.63. The van der Waals surface area contributed by atoms with Gasteiger partial charge in [0.1, 0.15) is 12.2 Å². The number of ether oxygens (including phenoxy) is 1. The van der Waals surface area contributed by atoms with Crippen LogP contribution in [-0.4, -0.2) is 39.1 Å². The molecule has 0 aliphatic carbocycles. The topological polar surface area (TPSA) is 71.1 Å². The van der Waals surface area contributed by atoms with E-state index < -0.39 is 6.10 Å². The lowest BCUT2D eigenvalue weighted by Gasteiger charge is -2.37. The molecule has 0 radical (unpaired) electrons. The molecular weight excluding hydrogens is 292 g/mol. The van der Waals surface area contributed by atoms with Gasteiger partial charge in [-0.2, -0.15) is 5.10 Å². The summed E-state index contributed by atoms with van der Waals surface area (Å²) in [4.78, 5) is 19.3. The Kier molecular flexibility index (Phi) is 3.83. The van der Waals surface area contributed by atoms with Crippen molar-refractivity contribution in [2.24, 2.45) is 0 Å². The van der Waals surface area contributed by atoms with E-state index >= 15 is 0 Å². The number of H-pyrrole nitrogens is 1. The molecule has 6 heteroatoms. The van der Waals surface area contributed by atoms with Gasteiger partial charge in [0.2, 0.25) is 0 Å². The van der Waals surface area contributed by atoms with Gasteiger partial charge in [-0.05, 0) is 36.8 Å². The summed E-state index contributed by atoms with van der Waals surface area (Å²) in [7, 11) is 0. The van der Waals surface area contributed by atoms with E-state index in [0.717, 1.165) is 43.6 Å². The SMILES string of the molecule is O=C(C1OCCc2ccccc21)N1CCCCC1c1ncn[nH]1. The molecule has 1 aromatic heterocycles. The number of likely N-dealkylation sites (tertiary alicyclic amines) is 1. The van der Waals surface area contributed by atoms with Crippen LogP contribution in [-0.2, 0) is 16.0 Å². The van der Waals surface area contributed by atoms with Crippen molar-refractivity contribution < 1.29 is 9.53 Å². The number of aromatic amines is 1.